The Labute approximate surface area is 152 Å². The number of nitrogens with zero attached hydrogens (tertiary/aromatic N) is 1. The third-order valence-corrected chi connectivity index (χ3v) is 4.06. The van der Waals surface area contributed by atoms with Gasteiger partial charge in [-0.25, -0.2) is 0 Å². The summed E-state index contributed by atoms with van der Waals surface area (Å²) >= 11 is 0. The topological polar surface area (TPSA) is 65.9 Å². The molecule has 0 radical (unpaired) electrons. The molecule has 0 amide bonds. The first-order valence-corrected chi connectivity index (χ1v) is 9.35. The summed E-state index contributed by atoms with van der Waals surface area (Å²) in [7, 11) is 1.68. The molecular formula is C20H35N3O2. The molecule has 142 valence electrons. The van der Waals surface area contributed by atoms with E-state index < -0.39 is 0 Å². The molecule has 0 aliphatic carbocycles. The zero-order valence-corrected chi connectivity index (χ0v) is 16.2. The minimum atomic E-state index is 0.231. The minimum absolute atomic E-state index is 0.231. The molecule has 0 heterocycles. The van der Waals surface area contributed by atoms with Crippen LogP contribution >= 0.6 is 0 Å². The first-order chi connectivity index (χ1) is 12.1. The predicted molar refractivity (Wildman–Crippen MR) is 105 cm³/mol. The lowest BCUT2D eigenvalue weighted by Gasteiger charge is -2.17. The van der Waals surface area contributed by atoms with Crippen LogP contribution in [-0.4, -0.2) is 44.4 Å². The SMILES string of the molecule is CCNC(=NCC(CCO)CC(C)C)NCCc1ccc(OC)cc1. The molecule has 1 rings (SSSR count). The second kappa shape index (κ2) is 12.6. The van der Waals surface area contributed by atoms with Gasteiger partial charge < -0.3 is 20.5 Å². The van der Waals surface area contributed by atoms with Gasteiger partial charge in [-0.2, -0.15) is 0 Å². The molecule has 0 aromatic heterocycles. The number of hydrogen-bond acceptors (Lipinski definition) is 3. The van der Waals surface area contributed by atoms with E-state index in [9.17, 15) is 5.11 Å². The monoisotopic (exact) mass is 349 g/mol. The first kappa shape index (κ1) is 21.3. The summed E-state index contributed by atoms with van der Waals surface area (Å²) in [6.45, 7) is 9.14. The highest BCUT2D eigenvalue weighted by molar-refractivity contribution is 5.79. The van der Waals surface area contributed by atoms with Gasteiger partial charge in [-0.3, -0.25) is 4.99 Å². The fraction of sp³-hybridized carbons (Fsp3) is 0.650. The first-order valence-electron chi connectivity index (χ1n) is 9.35. The summed E-state index contributed by atoms with van der Waals surface area (Å²) in [4.78, 5) is 4.71. The lowest BCUT2D eigenvalue weighted by Crippen LogP contribution is -2.38. The van der Waals surface area contributed by atoms with Crippen LogP contribution < -0.4 is 15.4 Å². The number of rotatable bonds is 11. The van der Waals surface area contributed by atoms with E-state index in [0.717, 1.165) is 50.6 Å². The average Bonchev–Trinajstić information content (AvgIpc) is 2.59. The number of aliphatic hydroxyl groups excluding tert-OH is 1. The Kier molecular flexibility index (Phi) is 10.7. The molecule has 1 aromatic rings. The van der Waals surface area contributed by atoms with Crippen LogP contribution in [0, 0.1) is 11.8 Å². The molecular weight excluding hydrogens is 314 g/mol. The maximum absolute atomic E-state index is 9.23. The number of methoxy groups -OCH3 is 1. The molecule has 0 bridgehead atoms. The van der Waals surface area contributed by atoms with Gasteiger partial charge in [0.15, 0.2) is 5.96 Å². The van der Waals surface area contributed by atoms with Crippen molar-refractivity contribution in [1.29, 1.82) is 0 Å². The van der Waals surface area contributed by atoms with Gasteiger partial charge in [0.2, 0.25) is 0 Å². The molecule has 5 heteroatoms. The van der Waals surface area contributed by atoms with Crippen molar-refractivity contribution in [2.24, 2.45) is 16.8 Å². The summed E-state index contributed by atoms with van der Waals surface area (Å²) in [5.41, 5.74) is 1.27. The van der Waals surface area contributed by atoms with Crippen LogP contribution in [-0.2, 0) is 6.42 Å². The van der Waals surface area contributed by atoms with Gasteiger partial charge >= 0.3 is 0 Å². The molecule has 0 saturated heterocycles. The van der Waals surface area contributed by atoms with Crippen LogP contribution in [0.5, 0.6) is 5.75 Å². The van der Waals surface area contributed by atoms with E-state index in [1.165, 1.54) is 5.56 Å². The van der Waals surface area contributed by atoms with E-state index >= 15 is 0 Å². The van der Waals surface area contributed by atoms with Crippen LogP contribution in [0.2, 0.25) is 0 Å². The Morgan fingerprint density at radius 1 is 1.20 bits per heavy atom. The Morgan fingerprint density at radius 2 is 1.92 bits per heavy atom. The smallest absolute Gasteiger partial charge is 0.191 e. The van der Waals surface area contributed by atoms with Gasteiger partial charge in [0, 0.05) is 26.2 Å². The lowest BCUT2D eigenvalue weighted by atomic mass is 9.94. The van der Waals surface area contributed by atoms with Crippen molar-refractivity contribution in [3.63, 3.8) is 0 Å². The van der Waals surface area contributed by atoms with E-state index in [-0.39, 0.29) is 6.61 Å². The third kappa shape index (κ3) is 9.34. The lowest BCUT2D eigenvalue weighted by molar-refractivity contribution is 0.245. The highest BCUT2D eigenvalue weighted by Gasteiger charge is 2.10. The fourth-order valence-corrected chi connectivity index (χ4v) is 2.81. The van der Waals surface area contributed by atoms with Gasteiger partial charge in [-0.1, -0.05) is 26.0 Å². The molecule has 0 saturated carbocycles. The maximum atomic E-state index is 9.23. The van der Waals surface area contributed by atoms with Gasteiger partial charge in [0.1, 0.15) is 5.75 Å². The number of aliphatic hydroxyl groups is 1. The Balaban J connectivity index is 2.50. The van der Waals surface area contributed by atoms with Gasteiger partial charge in [0.25, 0.3) is 0 Å². The third-order valence-electron chi connectivity index (χ3n) is 4.06. The average molecular weight is 350 g/mol. The van der Waals surface area contributed by atoms with Crippen LogP contribution in [0.1, 0.15) is 39.2 Å². The van der Waals surface area contributed by atoms with E-state index in [1.807, 2.05) is 12.1 Å². The largest absolute Gasteiger partial charge is 0.497 e. The highest BCUT2D eigenvalue weighted by Crippen LogP contribution is 2.15. The highest BCUT2D eigenvalue weighted by atomic mass is 16.5. The van der Waals surface area contributed by atoms with E-state index in [4.69, 9.17) is 9.73 Å². The molecule has 3 N–H and O–H groups in total. The Morgan fingerprint density at radius 3 is 2.48 bits per heavy atom. The summed E-state index contributed by atoms with van der Waals surface area (Å²) in [5, 5.41) is 15.9. The summed E-state index contributed by atoms with van der Waals surface area (Å²) in [5.74, 6) is 2.79. The minimum Gasteiger partial charge on any atom is -0.497 e. The molecule has 0 aliphatic rings. The van der Waals surface area contributed by atoms with Crippen LogP contribution in [0.4, 0.5) is 0 Å². The number of aliphatic imine (C=N–C) groups is 1. The molecule has 1 aromatic carbocycles. The van der Waals surface area contributed by atoms with Gasteiger partial charge in [-0.05, 0) is 55.7 Å². The zero-order valence-electron chi connectivity index (χ0n) is 16.2. The Bertz CT molecular complexity index is 486. The summed E-state index contributed by atoms with van der Waals surface area (Å²) in [6.07, 6.45) is 2.84. The maximum Gasteiger partial charge on any atom is 0.191 e. The zero-order chi connectivity index (χ0) is 18.5. The van der Waals surface area contributed by atoms with Crippen molar-refractivity contribution >= 4 is 5.96 Å². The number of nitrogens with one attached hydrogen (secondary N) is 2. The quantitative estimate of drug-likeness (QED) is 0.424. The molecule has 0 spiro atoms. The number of benzene rings is 1. The fourth-order valence-electron chi connectivity index (χ4n) is 2.81. The van der Waals surface area contributed by atoms with E-state index in [2.05, 4.69) is 43.5 Å². The second-order valence-electron chi connectivity index (χ2n) is 6.75. The molecule has 1 atom stereocenters. The van der Waals surface area contributed by atoms with Crippen molar-refractivity contribution in [2.75, 3.05) is 33.4 Å². The van der Waals surface area contributed by atoms with Gasteiger partial charge in [-0.15, -0.1) is 0 Å². The van der Waals surface area contributed by atoms with Crippen molar-refractivity contribution in [3.05, 3.63) is 29.8 Å². The van der Waals surface area contributed by atoms with Crippen LogP contribution in [0.3, 0.4) is 0 Å². The standard InChI is InChI=1S/C20H35N3O2/c1-5-21-20(23-15-18(11-13-24)14-16(2)3)22-12-10-17-6-8-19(25-4)9-7-17/h6-9,16,18,24H,5,10-15H2,1-4H3,(H2,21,22,23). The predicted octanol–water partition coefficient (Wildman–Crippen LogP) is 2.84. The molecule has 5 nitrogen and oxygen atoms in total. The normalized spacial score (nSPS) is 13.0. The Hall–Kier alpha value is -1.75. The molecule has 0 fully saturated rings. The van der Waals surface area contributed by atoms with Crippen LogP contribution in [0.15, 0.2) is 29.3 Å². The molecule has 1 unspecified atom stereocenters. The second-order valence-corrected chi connectivity index (χ2v) is 6.75. The van der Waals surface area contributed by atoms with Crippen LogP contribution in [0.25, 0.3) is 0 Å². The van der Waals surface area contributed by atoms with Crippen molar-refractivity contribution in [2.45, 2.75) is 40.0 Å². The van der Waals surface area contributed by atoms with Crippen molar-refractivity contribution < 1.29 is 9.84 Å². The van der Waals surface area contributed by atoms with Crippen molar-refractivity contribution in [3.8, 4) is 5.75 Å². The number of ether oxygens (including phenoxy) is 1. The van der Waals surface area contributed by atoms with Gasteiger partial charge in [0.05, 0.1) is 7.11 Å². The van der Waals surface area contributed by atoms with Crippen molar-refractivity contribution in [1.82, 2.24) is 10.6 Å². The van der Waals surface area contributed by atoms with E-state index in [0.29, 0.717) is 11.8 Å². The van der Waals surface area contributed by atoms with E-state index in [1.54, 1.807) is 7.11 Å². The molecule has 0 aliphatic heterocycles. The number of hydrogen-bond donors (Lipinski definition) is 3. The number of guanidine groups is 1. The molecule has 25 heavy (non-hydrogen) atoms. The summed E-state index contributed by atoms with van der Waals surface area (Å²) < 4.78 is 5.18. The summed E-state index contributed by atoms with van der Waals surface area (Å²) in [6, 6.07) is 8.15.